The highest BCUT2D eigenvalue weighted by Crippen LogP contribution is 2.39. The smallest absolute Gasteiger partial charge is 0.251 e. The van der Waals surface area contributed by atoms with Crippen LogP contribution in [-0.4, -0.2) is 30.4 Å². The molecule has 1 saturated carbocycles. The van der Waals surface area contributed by atoms with Gasteiger partial charge in [0.25, 0.3) is 11.8 Å². The molecule has 2 amide bonds. The van der Waals surface area contributed by atoms with Crippen molar-refractivity contribution in [1.82, 2.24) is 10.6 Å². The summed E-state index contributed by atoms with van der Waals surface area (Å²) in [5.41, 5.74) is 6.62. The van der Waals surface area contributed by atoms with Gasteiger partial charge in [0.1, 0.15) is 0 Å². The first-order chi connectivity index (χ1) is 11.1. The molecule has 1 aliphatic rings. The van der Waals surface area contributed by atoms with Gasteiger partial charge in [-0.2, -0.15) is 0 Å². The van der Waals surface area contributed by atoms with Gasteiger partial charge in [0, 0.05) is 24.2 Å². The Bertz CT molecular complexity index is 600. The average molecular weight is 331 g/mol. The van der Waals surface area contributed by atoms with Gasteiger partial charge in [-0.15, -0.1) is 0 Å². The SMILES string of the molecule is CC(C)(C)CNC(=O)c1ccc(C(=O)NC(C)(CN)C2CC2)cc1. The number of carbonyl (C=O) groups is 2. The number of amides is 2. The third kappa shape index (κ3) is 4.81. The van der Waals surface area contributed by atoms with Crippen molar-refractivity contribution in [3.8, 4) is 0 Å². The van der Waals surface area contributed by atoms with E-state index >= 15 is 0 Å². The van der Waals surface area contributed by atoms with Crippen LogP contribution in [0.5, 0.6) is 0 Å². The Morgan fingerprint density at radius 2 is 1.54 bits per heavy atom. The fraction of sp³-hybridized carbons (Fsp3) is 0.579. The maximum absolute atomic E-state index is 12.4. The number of hydrogen-bond donors (Lipinski definition) is 3. The first-order valence-electron chi connectivity index (χ1n) is 8.55. The Kier molecular flexibility index (Phi) is 5.33. The summed E-state index contributed by atoms with van der Waals surface area (Å²) in [6.07, 6.45) is 2.22. The number of hydrogen-bond acceptors (Lipinski definition) is 3. The highest BCUT2D eigenvalue weighted by molar-refractivity contribution is 5.98. The molecule has 0 aromatic heterocycles. The zero-order valence-electron chi connectivity index (χ0n) is 15.1. The normalized spacial score (nSPS) is 17.0. The van der Waals surface area contributed by atoms with Gasteiger partial charge in [-0.05, 0) is 55.4 Å². The fourth-order valence-corrected chi connectivity index (χ4v) is 2.59. The number of nitrogens with two attached hydrogens (primary N) is 1. The lowest BCUT2D eigenvalue weighted by Crippen LogP contribution is -2.53. The first-order valence-corrected chi connectivity index (χ1v) is 8.55. The van der Waals surface area contributed by atoms with Crippen LogP contribution in [0.15, 0.2) is 24.3 Å². The van der Waals surface area contributed by atoms with Gasteiger partial charge in [0.15, 0.2) is 0 Å². The largest absolute Gasteiger partial charge is 0.352 e. The fourth-order valence-electron chi connectivity index (χ4n) is 2.59. The summed E-state index contributed by atoms with van der Waals surface area (Å²) in [5, 5.41) is 5.95. The third-order valence-electron chi connectivity index (χ3n) is 4.49. The van der Waals surface area contributed by atoms with Gasteiger partial charge < -0.3 is 16.4 Å². The number of nitrogens with one attached hydrogen (secondary N) is 2. The Hall–Kier alpha value is -1.88. The van der Waals surface area contributed by atoms with Gasteiger partial charge in [-0.1, -0.05) is 20.8 Å². The minimum atomic E-state index is -0.347. The molecule has 5 nitrogen and oxygen atoms in total. The molecule has 0 spiro atoms. The second-order valence-corrected chi connectivity index (χ2v) is 8.17. The van der Waals surface area contributed by atoms with E-state index in [-0.39, 0.29) is 22.8 Å². The average Bonchev–Trinajstić information content (AvgIpc) is 3.37. The monoisotopic (exact) mass is 331 g/mol. The summed E-state index contributed by atoms with van der Waals surface area (Å²) in [6.45, 7) is 9.22. The quantitative estimate of drug-likeness (QED) is 0.748. The molecule has 0 heterocycles. The van der Waals surface area contributed by atoms with Crippen LogP contribution in [0.25, 0.3) is 0 Å². The van der Waals surface area contributed by atoms with E-state index in [4.69, 9.17) is 5.73 Å². The highest BCUT2D eigenvalue weighted by atomic mass is 16.2. The lowest BCUT2D eigenvalue weighted by molar-refractivity contribution is 0.0894. The zero-order valence-corrected chi connectivity index (χ0v) is 15.1. The minimum Gasteiger partial charge on any atom is -0.352 e. The van der Waals surface area contributed by atoms with Crippen molar-refractivity contribution in [1.29, 1.82) is 0 Å². The van der Waals surface area contributed by atoms with Crippen molar-refractivity contribution in [2.24, 2.45) is 17.1 Å². The molecule has 1 atom stereocenters. The highest BCUT2D eigenvalue weighted by Gasteiger charge is 2.41. The topological polar surface area (TPSA) is 84.2 Å². The standard InChI is InChI=1S/C19H29N3O2/c1-18(2,3)12-21-16(23)13-5-7-14(8-6-13)17(24)22-19(4,11-20)15-9-10-15/h5-8,15H,9-12,20H2,1-4H3,(H,21,23)(H,22,24). The van der Waals surface area contributed by atoms with Crippen molar-refractivity contribution in [2.75, 3.05) is 13.1 Å². The van der Waals surface area contributed by atoms with E-state index in [0.717, 1.165) is 12.8 Å². The van der Waals surface area contributed by atoms with E-state index in [2.05, 4.69) is 31.4 Å². The summed E-state index contributed by atoms with van der Waals surface area (Å²) in [4.78, 5) is 24.5. The molecule has 1 aromatic rings. The molecule has 1 unspecified atom stereocenters. The van der Waals surface area contributed by atoms with Crippen molar-refractivity contribution in [2.45, 2.75) is 46.1 Å². The predicted molar refractivity (Wildman–Crippen MR) is 95.9 cm³/mol. The Morgan fingerprint density at radius 1 is 1.04 bits per heavy atom. The molecule has 1 aliphatic carbocycles. The van der Waals surface area contributed by atoms with Crippen molar-refractivity contribution < 1.29 is 9.59 Å². The zero-order chi connectivity index (χ0) is 18.0. The maximum atomic E-state index is 12.4. The molecule has 2 rings (SSSR count). The van der Waals surface area contributed by atoms with Gasteiger partial charge in [-0.3, -0.25) is 9.59 Å². The Balaban J connectivity index is 1.98. The van der Waals surface area contributed by atoms with E-state index < -0.39 is 0 Å². The van der Waals surface area contributed by atoms with Crippen LogP contribution < -0.4 is 16.4 Å². The van der Waals surface area contributed by atoms with Gasteiger partial charge in [0.2, 0.25) is 0 Å². The van der Waals surface area contributed by atoms with Crippen LogP contribution in [0.4, 0.5) is 0 Å². The number of carbonyl (C=O) groups excluding carboxylic acids is 2. The number of rotatable bonds is 6. The lowest BCUT2D eigenvalue weighted by atomic mass is 9.95. The van der Waals surface area contributed by atoms with Crippen LogP contribution >= 0.6 is 0 Å². The lowest BCUT2D eigenvalue weighted by Gasteiger charge is -2.29. The molecule has 1 fully saturated rings. The van der Waals surface area contributed by atoms with Gasteiger partial charge >= 0.3 is 0 Å². The molecular formula is C19H29N3O2. The van der Waals surface area contributed by atoms with Crippen molar-refractivity contribution in [3.05, 3.63) is 35.4 Å². The summed E-state index contributed by atoms with van der Waals surface area (Å²) in [6, 6.07) is 6.74. The molecule has 24 heavy (non-hydrogen) atoms. The minimum absolute atomic E-state index is 0.0327. The van der Waals surface area contributed by atoms with E-state index in [1.807, 2.05) is 6.92 Å². The third-order valence-corrected chi connectivity index (χ3v) is 4.49. The molecule has 0 radical (unpaired) electrons. The van der Waals surface area contributed by atoms with Crippen LogP contribution in [0, 0.1) is 11.3 Å². The summed E-state index contributed by atoms with van der Waals surface area (Å²) < 4.78 is 0. The molecular weight excluding hydrogens is 302 g/mol. The van der Waals surface area contributed by atoms with Gasteiger partial charge in [0.05, 0.1) is 5.54 Å². The Labute approximate surface area is 144 Å². The van der Waals surface area contributed by atoms with Crippen molar-refractivity contribution in [3.63, 3.8) is 0 Å². The molecule has 0 aliphatic heterocycles. The molecule has 1 aromatic carbocycles. The maximum Gasteiger partial charge on any atom is 0.251 e. The van der Waals surface area contributed by atoms with E-state index in [0.29, 0.717) is 30.1 Å². The second-order valence-electron chi connectivity index (χ2n) is 8.17. The van der Waals surface area contributed by atoms with Crippen LogP contribution in [0.2, 0.25) is 0 Å². The van der Waals surface area contributed by atoms with E-state index in [1.54, 1.807) is 24.3 Å². The summed E-state index contributed by atoms with van der Waals surface area (Å²) >= 11 is 0. The van der Waals surface area contributed by atoms with Gasteiger partial charge in [-0.25, -0.2) is 0 Å². The first kappa shape index (κ1) is 18.5. The Morgan fingerprint density at radius 3 is 1.96 bits per heavy atom. The van der Waals surface area contributed by atoms with Crippen LogP contribution in [0.3, 0.4) is 0 Å². The summed E-state index contributed by atoms with van der Waals surface area (Å²) in [7, 11) is 0. The molecule has 0 bridgehead atoms. The van der Waals surface area contributed by atoms with Crippen molar-refractivity contribution >= 4 is 11.8 Å². The van der Waals surface area contributed by atoms with Crippen LogP contribution in [-0.2, 0) is 0 Å². The van der Waals surface area contributed by atoms with E-state index in [9.17, 15) is 9.59 Å². The van der Waals surface area contributed by atoms with E-state index in [1.165, 1.54) is 0 Å². The molecule has 0 saturated heterocycles. The molecule has 5 heteroatoms. The number of benzene rings is 1. The molecule has 4 N–H and O–H groups in total. The predicted octanol–water partition coefficient (Wildman–Crippen LogP) is 2.32. The second kappa shape index (κ2) is 6.93. The molecule has 132 valence electrons. The van der Waals surface area contributed by atoms with Crippen LogP contribution in [0.1, 0.15) is 61.3 Å². The summed E-state index contributed by atoms with van der Waals surface area (Å²) in [5.74, 6) is 0.201.